The van der Waals surface area contributed by atoms with Gasteiger partial charge in [0.15, 0.2) is 0 Å². The van der Waals surface area contributed by atoms with Crippen molar-refractivity contribution in [2.45, 2.75) is 12.5 Å². The molecule has 0 aliphatic carbocycles. The summed E-state index contributed by atoms with van der Waals surface area (Å²) in [5.74, 6) is -0.0129. The number of nitrogens with zero attached hydrogens (tertiary/aromatic N) is 1. The van der Waals surface area contributed by atoms with Crippen molar-refractivity contribution in [2.24, 2.45) is 0 Å². The van der Waals surface area contributed by atoms with Crippen LogP contribution in [-0.4, -0.2) is 55.4 Å². The van der Waals surface area contributed by atoms with Crippen LogP contribution in [0, 0.1) is 0 Å². The third-order valence-electron chi connectivity index (χ3n) is 3.20. The number of carboxylic acid groups (broad SMARTS) is 1. The van der Waals surface area contributed by atoms with E-state index < -0.39 is 5.97 Å². The average molecular weight is 300 g/mol. The molecule has 1 atom stereocenters. The maximum absolute atomic E-state index is 10.9. The van der Waals surface area contributed by atoms with E-state index in [0.717, 1.165) is 17.7 Å². The Labute approximate surface area is 123 Å². The monoisotopic (exact) mass is 299 g/mol. The number of fused-ring (bicyclic) bond motifs is 1. The summed E-state index contributed by atoms with van der Waals surface area (Å²) >= 11 is 5.95. The van der Waals surface area contributed by atoms with Crippen LogP contribution in [0.5, 0.6) is 5.75 Å². The standard InChI is InChI=1S/C14H18ClNO4/c1-19-5-4-16(9-14(17)18)8-12-7-10-6-11(15)2-3-13(10)20-12/h2-3,6,12H,4-5,7-9H2,1H3,(H,17,18). The Morgan fingerprint density at radius 2 is 2.40 bits per heavy atom. The fraction of sp³-hybridized carbons (Fsp3) is 0.500. The van der Waals surface area contributed by atoms with Crippen LogP contribution in [-0.2, 0) is 16.0 Å². The van der Waals surface area contributed by atoms with Crippen LogP contribution >= 0.6 is 11.6 Å². The minimum Gasteiger partial charge on any atom is -0.488 e. The highest BCUT2D eigenvalue weighted by atomic mass is 35.5. The van der Waals surface area contributed by atoms with Crippen LogP contribution < -0.4 is 4.74 Å². The zero-order valence-corrected chi connectivity index (χ0v) is 12.1. The number of ether oxygens (including phenoxy) is 2. The molecular formula is C14H18ClNO4. The van der Waals surface area contributed by atoms with Crippen molar-refractivity contribution in [2.75, 3.05) is 33.4 Å². The summed E-state index contributed by atoms with van der Waals surface area (Å²) in [7, 11) is 1.60. The maximum Gasteiger partial charge on any atom is 0.317 e. The lowest BCUT2D eigenvalue weighted by Gasteiger charge is -2.23. The Kier molecular flexibility index (Phi) is 5.23. The summed E-state index contributed by atoms with van der Waals surface area (Å²) in [6.07, 6.45) is 0.707. The highest BCUT2D eigenvalue weighted by molar-refractivity contribution is 6.30. The van der Waals surface area contributed by atoms with Crippen LogP contribution in [0.15, 0.2) is 18.2 Å². The molecule has 1 unspecified atom stereocenters. The fourth-order valence-electron chi connectivity index (χ4n) is 2.33. The van der Waals surface area contributed by atoms with Gasteiger partial charge in [-0.3, -0.25) is 9.69 Å². The number of aliphatic carboxylic acids is 1. The highest BCUT2D eigenvalue weighted by Gasteiger charge is 2.25. The molecule has 110 valence electrons. The molecule has 20 heavy (non-hydrogen) atoms. The molecule has 2 rings (SSSR count). The Morgan fingerprint density at radius 1 is 1.60 bits per heavy atom. The molecule has 1 aromatic carbocycles. The van der Waals surface area contributed by atoms with Crippen LogP contribution in [0.1, 0.15) is 5.56 Å². The summed E-state index contributed by atoms with van der Waals surface area (Å²) in [6.45, 7) is 1.61. The quantitative estimate of drug-likeness (QED) is 0.830. The zero-order valence-electron chi connectivity index (χ0n) is 11.3. The van der Waals surface area contributed by atoms with E-state index in [-0.39, 0.29) is 12.6 Å². The predicted octanol–water partition coefficient (Wildman–Crippen LogP) is 1.68. The van der Waals surface area contributed by atoms with Gasteiger partial charge in [0.1, 0.15) is 11.9 Å². The first-order valence-corrected chi connectivity index (χ1v) is 6.84. The van der Waals surface area contributed by atoms with E-state index in [2.05, 4.69) is 0 Å². The van der Waals surface area contributed by atoms with Crippen molar-refractivity contribution >= 4 is 17.6 Å². The van der Waals surface area contributed by atoms with E-state index >= 15 is 0 Å². The lowest BCUT2D eigenvalue weighted by Crippen LogP contribution is -2.40. The number of rotatable bonds is 7. The van der Waals surface area contributed by atoms with E-state index in [0.29, 0.717) is 24.7 Å². The summed E-state index contributed by atoms with van der Waals surface area (Å²) in [5.41, 5.74) is 1.07. The van der Waals surface area contributed by atoms with E-state index in [4.69, 9.17) is 26.2 Å². The summed E-state index contributed by atoms with van der Waals surface area (Å²) < 4.78 is 10.8. The lowest BCUT2D eigenvalue weighted by molar-refractivity contribution is -0.138. The van der Waals surface area contributed by atoms with E-state index in [9.17, 15) is 4.79 Å². The number of carboxylic acids is 1. The molecule has 0 radical (unpaired) electrons. The summed E-state index contributed by atoms with van der Waals surface area (Å²) in [4.78, 5) is 12.7. The molecule has 0 saturated carbocycles. The van der Waals surface area contributed by atoms with Gasteiger partial charge in [-0.05, 0) is 23.8 Å². The van der Waals surface area contributed by atoms with Gasteiger partial charge in [-0.1, -0.05) is 11.6 Å². The van der Waals surface area contributed by atoms with E-state index in [1.165, 1.54) is 0 Å². The second kappa shape index (κ2) is 6.92. The first kappa shape index (κ1) is 15.1. The minimum absolute atomic E-state index is 0.0136. The second-order valence-corrected chi connectivity index (χ2v) is 5.25. The molecule has 0 fully saturated rings. The topological polar surface area (TPSA) is 59.0 Å². The zero-order chi connectivity index (χ0) is 14.5. The molecule has 1 aliphatic heterocycles. The maximum atomic E-state index is 10.9. The van der Waals surface area contributed by atoms with Crippen molar-refractivity contribution in [1.29, 1.82) is 0 Å². The lowest BCUT2D eigenvalue weighted by atomic mass is 10.1. The number of carbonyl (C=O) groups is 1. The van der Waals surface area contributed by atoms with E-state index in [1.807, 2.05) is 17.0 Å². The molecular weight excluding hydrogens is 282 g/mol. The van der Waals surface area contributed by atoms with Gasteiger partial charge in [-0.25, -0.2) is 0 Å². The Balaban J connectivity index is 1.93. The smallest absolute Gasteiger partial charge is 0.317 e. The van der Waals surface area contributed by atoms with Gasteiger partial charge < -0.3 is 14.6 Å². The fourth-order valence-corrected chi connectivity index (χ4v) is 2.52. The average Bonchev–Trinajstić information content (AvgIpc) is 2.76. The van der Waals surface area contributed by atoms with Gasteiger partial charge in [0.2, 0.25) is 0 Å². The third kappa shape index (κ3) is 4.10. The molecule has 5 nitrogen and oxygen atoms in total. The van der Waals surface area contributed by atoms with Gasteiger partial charge in [-0.2, -0.15) is 0 Å². The molecule has 0 saturated heterocycles. The van der Waals surface area contributed by atoms with Crippen molar-refractivity contribution < 1.29 is 19.4 Å². The Hall–Kier alpha value is -1.30. The number of methoxy groups -OCH3 is 1. The van der Waals surface area contributed by atoms with Gasteiger partial charge in [0.25, 0.3) is 0 Å². The second-order valence-electron chi connectivity index (χ2n) is 4.82. The molecule has 1 aliphatic rings. The van der Waals surface area contributed by atoms with Crippen LogP contribution in [0.4, 0.5) is 0 Å². The summed E-state index contributed by atoms with van der Waals surface area (Å²) in [5, 5.41) is 9.62. The van der Waals surface area contributed by atoms with Crippen molar-refractivity contribution in [3.8, 4) is 5.75 Å². The van der Waals surface area contributed by atoms with Crippen LogP contribution in [0.25, 0.3) is 0 Å². The van der Waals surface area contributed by atoms with Gasteiger partial charge in [0.05, 0.1) is 13.2 Å². The number of benzene rings is 1. The van der Waals surface area contributed by atoms with Gasteiger partial charge in [0, 0.05) is 31.6 Å². The first-order chi connectivity index (χ1) is 9.58. The van der Waals surface area contributed by atoms with Crippen LogP contribution in [0.2, 0.25) is 5.02 Å². The Morgan fingerprint density at radius 3 is 3.10 bits per heavy atom. The van der Waals surface area contributed by atoms with E-state index in [1.54, 1.807) is 13.2 Å². The number of hydrogen-bond donors (Lipinski definition) is 1. The third-order valence-corrected chi connectivity index (χ3v) is 3.43. The normalized spacial score (nSPS) is 17.1. The van der Waals surface area contributed by atoms with Crippen molar-refractivity contribution in [3.63, 3.8) is 0 Å². The van der Waals surface area contributed by atoms with Crippen molar-refractivity contribution in [3.05, 3.63) is 28.8 Å². The van der Waals surface area contributed by atoms with Crippen molar-refractivity contribution in [1.82, 2.24) is 4.90 Å². The molecule has 0 amide bonds. The number of hydrogen-bond acceptors (Lipinski definition) is 4. The first-order valence-electron chi connectivity index (χ1n) is 6.46. The molecule has 1 N–H and O–H groups in total. The molecule has 0 aromatic heterocycles. The van der Waals surface area contributed by atoms with Gasteiger partial charge >= 0.3 is 5.97 Å². The summed E-state index contributed by atoms with van der Waals surface area (Å²) in [6, 6.07) is 5.55. The van der Waals surface area contributed by atoms with Gasteiger partial charge in [-0.15, -0.1) is 0 Å². The minimum atomic E-state index is -0.848. The molecule has 1 aromatic rings. The SMILES string of the molecule is COCCN(CC(=O)O)CC1Cc2cc(Cl)ccc2O1. The molecule has 1 heterocycles. The molecule has 0 bridgehead atoms. The van der Waals surface area contributed by atoms with Crippen LogP contribution in [0.3, 0.4) is 0 Å². The number of halogens is 1. The largest absolute Gasteiger partial charge is 0.488 e. The molecule has 0 spiro atoms. The predicted molar refractivity (Wildman–Crippen MR) is 75.5 cm³/mol. The molecule has 6 heteroatoms. The Bertz CT molecular complexity index is 480. The highest BCUT2D eigenvalue weighted by Crippen LogP contribution is 2.31.